The predicted octanol–water partition coefficient (Wildman–Crippen LogP) is 11.7. The zero-order valence-electron chi connectivity index (χ0n) is 34.5. The number of nitrogens with zero attached hydrogens (tertiary/aromatic N) is 3. The van der Waals surface area contributed by atoms with Gasteiger partial charge in [0.2, 0.25) is 0 Å². The van der Waals surface area contributed by atoms with E-state index >= 15 is 0 Å². The third-order valence-electron chi connectivity index (χ3n) is 12.3. The Bertz CT molecular complexity index is 3150. The number of pyridine rings is 2. The van der Waals surface area contributed by atoms with E-state index in [4.69, 9.17) is 23.6 Å². The van der Waals surface area contributed by atoms with E-state index in [1.807, 2.05) is 24.8 Å². The van der Waals surface area contributed by atoms with Crippen LogP contribution in [0.15, 0.2) is 195 Å². The van der Waals surface area contributed by atoms with Crippen molar-refractivity contribution in [2.24, 2.45) is 0 Å². The number of hydrogen-bond donors (Lipinski definition) is 0. The van der Waals surface area contributed by atoms with Gasteiger partial charge in [-0.3, -0.25) is 9.97 Å². The molecule has 11 rings (SSSR count). The SMILES string of the molecule is Cc1cncc(-c2cccc(-c3ccc4c(c3)P(=S)(c3ccccc3)c3cc(C)cc5c3N4c3ccc(-c4cccc(-c6cncc(C)c6)c4)cc3P5(=S)c3ccccc3)c2)c1. The first-order chi connectivity index (χ1) is 30.2. The lowest BCUT2D eigenvalue weighted by molar-refractivity contribution is 1.27. The molecule has 0 aliphatic carbocycles. The van der Waals surface area contributed by atoms with Crippen LogP contribution >= 0.6 is 12.1 Å². The van der Waals surface area contributed by atoms with E-state index in [1.54, 1.807) is 0 Å². The van der Waals surface area contributed by atoms with Crippen LogP contribution in [0.1, 0.15) is 16.7 Å². The van der Waals surface area contributed by atoms with Crippen molar-refractivity contribution in [1.82, 2.24) is 9.97 Å². The van der Waals surface area contributed by atoms with Crippen LogP contribution < -0.4 is 36.7 Å². The summed E-state index contributed by atoms with van der Waals surface area (Å²) in [6.45, 7) is 6.39. The van der Waals surface area contributed by atoms with Crippen LogP contribution in [0.3, 0.4) is 0 Å². The second kappa shape index (κ2) is 15.1. The lowest BCUT2D eigenvalue weighted by atomic mass is 9.98. The fourth-order valence-electron chi connectivity index (χ4n) is 9.38. The van der Waals surface area contributed by atoms with Crippen molar-refractivity contribution in [1.29, 1.82) is 0 Å². The quantitative estimate of drug-likeness (QED) is 0.155. The Morgan fingerprint density at radius 2 is 0.758 bits per heavy atom. The molecule has 0 radical (unpaired) electrons. The molecule has 2 aliphatic heterocycles. The zero-order chi connectivity index (χ0) is 42.2. The van der Waals surface area contributed by atoms with E-state index in [0.29, 0.717) is 0 Å². The Labute approximate surface area is 373 Å². The number of aromatic nitrogens is 2. The fourth-order valence-corrected chi connectivity index (χ4v) is 18.2. The number of fused-ring (bicyclic) bond motifs is 4. The van der Waals surface area contributed by atoms with Crippen LogP contribution in [0.2, 0.25) is 0 Å². The minimum absolute atomic E-state index is 1.11. The van der Waals surface area contributed by atoms with E-state index < -0.39 is 12.1 Å². The summed E-state index contributed by atoms with van der Waals surface area (Å²) in [5.74, 6) is 0. The molecule has 4 heterocycles. The zero-order valence-corrected chi connectivity index (χ0v) is 37.9. The molecule has 0 N–H and O–H groups in total. The number of anilines is 3. The highest BCUT2D eigenvalue weighted by Gasteiger charge is 2.46. The predicted molar refractivity (Wildman–Crippen MR) is 272 cm³/mol. The van der Waals surface area contributed by atoms with Gasteiger partial charge in [-0.2, -0.15) is 0 Å². The summed E-state index contributed by atoms with van der Waals surface area (Å²) in [7, 11) is 0. The van der Waals surface area contributed by atoms with Crippen molar-refractivity contribution >= 4 is 84.6 Å². The number of hydrogen-bond acceptors (Lipinski definition) is 5. The molecule has 0 saturated heterocycles. The number of aryl methyl sites for hydroxylation is 3. The Balaban J connectivity index is 1.17. The minimum atomic E-state index is -2.65. The summed E-state index contributed by atoms with van der Waals surface area (Å²) in [5.41, 5.74) is 15.9. The van der Waals surface area contributed by atoms with Gasteiger partial charge in [-0.1, -0.05) is 133 Å². The van der Waals surface area contributed by atoms with Crippen LogP contribution in [0.4, 0.5) is 17.1 Å². The van der Waals surface area contributed by atoms with E-state index in [-0.39, 0.29) is 0 Å². The molecule has 2 unspecified atom stereocenters. The maximum atomic E-state index is 7.29. The van der Waals surface area contributed by atoms with Gasteiger partial charge in [0.25, 0.3) is 0 Å². The second-order valence-corrected chi connectivity index (χ2v) is 25.1. The average Bonchev–Trinajstić information content (AvgIpc) is 3.32. The highest BCUT2D eigenvalue weighted by molar-refractivity contribution is 8.27. The summed E-state index contributed by atoms with van der Waals surface area (Å²) in [4.78, 5) is 11.5. The number of rotatable bonds is 6. The van der Waals surface area contributed by atoms with Crippen molar-refractivity contribution in [3.63, 3.8) is 0 Å². The van der Waals surface area contributed by atoms with Gasteiger partial charge in [0, 0.05) is 69.2 Å². The molecule has 7 heteroatoms. The monoisotopic (exact) mass is 869 g/mol. The summed E-state index contributed by atoms with van der Waals surface area (Å²) < 4.78 is 0. The first-order valence-electron chi connectivity index (χ1n) is 20.8. The first-order valence-corrected chi connectivity index (χ1v) is 26.4. The molecule has 3 nitrogen and oxygen atoms in total. The molecule has 9 aromatic rings. The largest absolute Gasteiger partial charge is 0.308 e. The summed E-state index contributed by atoms with van der Waals surface area (Å²) >= 11 is 14.6. The van der Waals surface area contributed by atoms with Gasteiger partial charge in [-0.15, -0.1) is 0 Å². The van der Waals surface area contributed by atoms with Gasteiger partial charge >= 0.3 is 0 Å². The Kier molecular flexibility index (Phi) is 9.45. The first kappa shape index (κ1) is 38.8. The van der Waals surface area contributed by atoms with Gasteiger partial charge in [0.15, 0.2) is 0 Å². The van der Waals surface area contributed by atoms with Gasteiger partial charge in [0.05, 0.1) is 17.1 Å². The molecule has 2 atom stereocenters. The van der Waals surface area contributed by atoms with Gasteiger partial charge in [0.1, 0.15) is 0 Å². The third kappa shape index (κ3) is 6.22. The Morgan fingerprint density at radius 3 is 1.18 bits per heavy atom. The molecule has 0 spiro atoms. The van der Waals surface area contributed by atoms with Crippen molar-refractivity contribution < 1.29 is 0 Å². The topological polar surface area (TPSA) is 29.0 Å². The third-order valence-corrected chi connectivity index (χ3v) is 22.1. The maximum Gasteiger partial charge on any atom is 0.0643 e. The van der Waals surface area contributed by atoms with E-state index in [0.717, 1.165) is 67.0 Å². The van der Waals surface area contributed by atoms with Gasteiger partial charge in [-0.25, -0.2) is 0 Å². The van der Waals surface area contributed by atoms with Crippen molar-refractivity contribution in [3.8, 4) is 44.5 Å². The van der Waals surface area contributed by atoms with Crippen LogP contribution in [0, 0.1) is 20.8 Å². The average molecular weight is 870 g/mol. The molecule has 7 aromatic carbocycles. The normalized spacial score (nSPS) is 17.2. The molecule has 62 heavy (non-hydrogen) atoms. The molecule has 2 aromatic heterocycles. The molecule has 0 saturated carbocycles. The molecule has 0 fully saturated rings. The van der Waals surface area contributed by atoms with Crippen molar-refractivity contribution in [2.75, 3.05) is 4.90 Å². The molecule has 298 valence electrons. The van der Waals surface area contributed by atoms with E-state index in [2.05, 4.69) is 205 Å². The standard InChI is InChI=1S/C55H41N3P2S2/c1-36-26-53-55-54(27-36)60(62,48-18-8-5-9-19-48)52-31-44(40-13-11-15-42(29-40)46-25-38(3)33-57-35-46)21-23-50(52)58(55)49-22-20-43(30-51(49)59(53,61)47-16-6-4-7-17-47)39-12-10-14-41(28-39)45-24-37(2)32-56-34-45/h4-35H,1-3H3. The summed E-state index contributed by atoms with van der Waals surface area (Å²) in [6.07, 6.45) is 7.69. The van der Waals surface area contributed by atoms with E-state index in [1.165, 1.54) is 43.1 Å². The van der Waals surface area contributed by atoms with Gasteiger partial charge < -0.3 is 4.90 Å². The fraction of sp³-hybridized carbons (Fsp3) is 0.0545. The van der Waals surface area contributed by atoms with Crippen molar-refractivity contribution in [2.45, 2.75) is 20.8 Å². The van der Waals surface area contributed by atoms with Crippen LogP contribution in [0.25, 0.3) is 44.5 Å². The summed E-state index contributed by atoms with van der Waals surface area (Å²) in [6, 6.07) is 57.1. The lowest BCUT2D eigenvalue weighted by Gasteiger charge is -2.47. The highest BCUT2D eigenvalue weighted by atomic mass is 32.4. The minimum Gasteiger partial charge on any atom is -0.308 e. The second-order valence-electron chi connectivity index (χ2n) is 16.4. The van der Waals surface area contributed by atoms with Gasteiger partial charge in [-0.05, 0) is 142 Å². The van der Waals surface area contributed by atoms with Crippen LogP contribution in [-0.2, 0) is 23.6 Å². The maximum absolute atomic E-state index is 7.29. The molecular formula is C55H41N3P2S2. The summed E-state index contributed by atoms with van der Waals surface area (Å²) in [5, 5.41) is 7.14. The molecule has 2 aliphatic rings. The Morgan fingerprint density at radius 1 is 0.355 bits per heavy atom. The van der Waals surface area contributed by atoms with Crippen molar-refractivity contribution in [3.05, 3.63) is 211 Å². The molecule has 0 bridgehead atoms. The van der Waals surface area contributed by atoms with E-state index in [9.17, 15) is 0 Å². The Hall–Kier alpha value is -6.06. The molecular weight excluding hydrogens is 829 g/mol. The molecule has 0 amide bonds. The smallest absolute Gasteiger partial charge is 0.0643 e. The highest BCUT2D eigenvalue weighted by Crippen LogP contribution is 2.61. The van der Waals surface area contributed by atoms with Crippen LogP contribution in [-0.4, -0.2) is 9.97 Å². The van der Waals surface area contributed by atoms with Crippen LogP contribution in [0.5, 0.6) is 0 Å². The lowest BCUT2D eigenvalue weighted by Crippen LogP contribution is -2.46. The number of benzene rings is 7.